The summed E-state index contributed by atoms with van der Waals surface area (Å²) in [6.45, 7) is 3.63. The van der Waals surface area contributed by atoms with Gasteiger partial charge in [0.25, 0.3) is 0 Å². The van der Waals surface area contributed by atoms with E-state index >= 15 is 0 Å². The maximum Gasteiger partial charge on any atom is 0.238 e. The van der Waals surface area contributed by atoms with Gasteiger partial charge in [-0.15, -0.1) is 0 Å². The van der Waals surface area contributed by atoms with Crippen molar-refractivity contribution in [1.82, 2.24) is 10.2 Å². The third-order valence-electron chi connectivity index (χ3n) is 5.60. The Morgan fingerprint density at radius 2 is 1.63 bits per heavy atom. The second-order valence-corrected chi connectivity index (χ2v) is 8.85. The van der Waals surface area contributed by atoms with Gasteiger partial charge in [-0.05, 0) is 67.7 Å². The zero-order valence-corrected chi connectivity index (χ0v) is 20.4. The summed E-state index contributed by atoms with van der Waals surface area (Å²) >= 11 is 5.92. The summed E-state index contributed by atoms with van der Waals surface area (Å²) in [6, 6.07) is 18.8. The Morgan fingerprint density at radius 3 is 2.34 bits per heavy atom. The lowest BCUT2D eigenvalue weighted by Crippen LogP contribution is -2.38. The first-order valence-corrected chi connectivity index (χ1v) is 11.9. The quantitative estimate of drug-likeness (QED) is 0.470. The molecule has 4 rings (SSSR count). The van der Waals surface area contributed by atoms with Crippen LogP contribution in [0.1, 0.15) is 5.76 Å². The van der Waals surface area contributed by atoms with Crippen LogP contribution in [-0.2, 0) is 20.9 Å². The Hall–Kier alpha value is -3.33. The highest BCUT2D eigenvalue weighted by Gasteiger charge is 2.14. The van der Waals surface area contributed by atoms with Crippen molar-refractivity contribution >= 4 is 34.8 Å². The van der Waals surface area contributed by atoms with Gasteiger partial charge in [0.05, 0.1) is 32.8 Å². The number of hydrogen-bond acceptors (Lipinski definition) is 6. The number of likely N-dealkylation sites (N-methyl/N-ethyl adjacent to an activating group) is 1. The fourth-order valence-corrected chi connectivity index (χ4v) is 3.93. The summed E-state index contributed by atoms with van der Waals surface area (Å²) in [7, 11) is 1.73. The molecule has 9 heteroatoms. The first-order chi connectivity index (χ1) is 17.0. The van der Waals surface area contributed by atoms with E-state index in [-0.39, 0.29) is 31.4 Å². The highest BCUT2D eigenvalue weighted by Crippen LogP contribution is 2.24. The van der Waals surface area contributed by atoms with Crippen LogP contribution in [-0.4, -0.2) is 63.2 Å². The van der Waals surface area contributed by atoms with Gasteiger partial charge < -0.3 is 24.7 Å². The summed E-state index contributed by atoms with van der Waals surface area (Å²) in [4.78, 5) is 28.6. The maximum atomic E-state index is 12.4. The zero-order chi connectivity index (χ0) is 24.6. The summed E-state index contributed by atoms with van der Waals surface area (Å²) in [5.74, 6) is 0.972. The number of anilines is 2. The number of benzene rings is 2. The minimum atomic E-state index is -0.195. The van der Waals surface area contributed by atoms with E-state index in [0.717, 1.165) is 43.2 Å². The molecular weight excluding hydrogens is 468 g/mol. The Labute approximate surface area is 209 Å². The molecule has 2 aromatic carbocycles. The molecule has 3 aromatic rings. The number of rotatable bonds is 9. The molecule has 0 atom stereocenters. The number of carbonyl (C=O) groups is 2. The average molecular weight is 497 g/mol. The van der Waals surface area contributed by atoms with Crippen LogP contribution in [0.5, 0.6) is 0 Å². The van der Waals surface area contributed by atoms with Gasteiger partial charge in [-0.2, -0.15) is 0 Å². The van der Waals surface area contributed by atoms with E-state index in [1.165, 1.54) is 0 Å². The molecule has 2 amide bonds. The number of morpholine rings is 1. The highest BCUT2D eigenvalue weighted by atomic mass is 35.5. The second-order valence-electron chi connectivity index (χ2n) is 8.42. The normalized spacial score (nSPS) is 13.6. The van der Waals surface area contributed by atoms with Crippen molar-refractivity contribution in [3.05, 3.63) is 71.4 Å². The van der Waals surface area contributed by atoms with Crippen molar-refractivity contribution in [2.75, 3.05) is 56.7 Å². The van der Waals surface area contributed by atoms with Crippen LogP contribution in [0, 0.1) is 0 Å². The first kappa shape index (κ1) is 24.8. The van der Waals surface area contributed by atoms with Crippen LogP contribution in [0.15, 0.2) is 65.1 Å². The monoisotopic (exact) mass is 496 g/mol. The zero-order valence-electron chi connectivity index (χ0n) is 19.6. The van der Waals surface area contributed by atoms with Crippen molar-refractivity contribution in [3.63, 3.8) is 0 Å². The van der Waals surface area contributed by atoms with Gasteiger partial charge in [0.15, 0.2) is 0 Å². The smallest absolute Gasteiger partial charge is 0.238 e. The predicted molar refractivity (Wildman–Crippen MR) is 137 cm³/mol. The van der Waals surface area contributed by atoms with Crippen molar-refractivity contribution in [3.8, 4) is 11.3 Å². The van der Waals surface area contributed by atoms with Crippen LogP contribution < -0.4 is 15.5 Å². The molecule has 1 aliphatic heterocycles. The number of furan rings is 1. The van der Waals surface area contributed by atoms with Gasteiger partial charge in [0, 0.05) is 35.1 Å². The molecule has 1 aliphatic rings. The number of nitrogens with one attached hydrogen (secondary N) is 2. The van der Waals surface area contributed by atoms with Gasteiger partial charge in [-0.1, -0.05) is 11.6 Å². The summed E-state index contributed by atoms with van der Waals surface area (Å²) < 4.78 is 11.2. The Morgan fingerprint density at radius 1 is 0.943 bits per heavy atom. The standard InChI is InChI=1S/C26H29ClN4O4/c1-30(18-26(33)29-21-6-8-22(9-7-21)31-12-14-34-15-13-31)17-25(32)28-16-23-10-11-24(35-23)19-2-4-20(27)5-3-19/h2-11H,12-18H2,1H3,(H,28,32)(H,29,33). The lowest BCUT2D eigenvalue weighted by molar-refractivity contribution is -0.123. The molecule has 0 bridgehead atoms. The molecule has 1 aromatic heterocycles. The average Bonchev–Trinajstić information content (AvgIpc) is 3.33. The fourth-order valence-electron chi connectivity index (χ4n) is 3.81. The first-order valence-electron chi connectivity index (χ1n) is 11.5. The topological polar surface area (TPSA) is 87.0 Å². The van der Waals surface area contributed by atoms with Gasteiger partial charge >= 0.3 is 0 Å². The highest BCUT2D eigenvalue weighted by molar-refractivity contribution is 6.30. The van der Waals surface area contributed by atoms with E-state index in [1.54, 1.807) is 24.1 Å². The Bertz CT molecular complexity index is 1130. The Kier molecular flexibility index (Phi) is 8.41. The van der Waals surface area contributed by atoms with Crippen LogP contribution in [0.2, 0.25) is 5.02 Å². The van der Waals surface area contributed by atoms with Crippen LogP contribution in [0.25, 0.3) is 11.3 Å². The minimum absolute atomic E-state index is 0.0914. The number of amides is 2. The summed E-state index contributed by atoms with van der Waals surface area (Å²) in [5, 5.41) is 6.36. The number of nitrogens with zero attached hydrogens (tertiary/aromatic N) is 2. The van der Waals surface area contributed by atoms with Crippen LogP contribution >= 0.6 is 11.6 Å². The molecule has 1 fully saturated rings. The molecule has 2 N–H and O–H groups in total. The van der Waals surface area contributed by atoms with E-state index in [4.69, 9.17) is 20.8 Å². The molecule has 2 heterocycles. The largest absolute Gasteiger partial charge is 0.459 e. The third-order valence-corrected chi connectivity index (χ3v) is 5.86. The molecule has 0 aliphatic carbocycles. The molecule has 8 nitrogen and oxygen atoms in total. The molecule has 1 saturated heterocycles. The number of carbonyl (C=O) groups excluding carboxylic acids is 2. The van der Waals surface area contributed by atoms with Crippen LogP contribution in [0.3, 0.4) is 0 Å². The van der Waals surface area contributed by atoms with Crippen LogP contribution in [0.4, 0.5) is 11.4 Å². The van der Waals surface area contributed by atoms with E-state index in [1.807, 2.05) is 48.5 Å². The van der Waals surface area contributed by atoms with E-state index in [9.17, 15) is 9.59 Å². The van der Waals surface area contributed by atoms with Crippen molar-refractivity contribution in [2.24, 2.45) is 0 Å². The van der Waals surface area contributed by atoms with Crippen molar-refractivity contribution in [2.45, 2.75) is 6.54 Å². The van der Waals surface area contributed by atoms with Crippen molar-refractivity contribution in [1.29, 1.82) is 0 Å². The molecular formula is C26H29ClN4O4. The lowest BCUT2D eigenvalue weighted by atomic mass is 10.2. The van der Waals surface area contributed by atoms with Crippen molar-refractivity contribution < 1.29 is 18.7 Å². The third kappa shape index (κ3) is 7.32. The predicted octanol–water partition coefficient (Wildman–Crippen LogP) is 3.62. The molecule has 0 spiro atoms. The van der Waals surface area contributed by atoms with Gasteiger partial charge in [-0.25, -0.2) is 0 Å². The number of halogens is 1. The van der Waals surface area contributed by atoms with E-state index in [2.05, 4.69) is 15.5 Å². The fraction of sp³-hybridized carbons (Fsp3) is 0.308. The Balaban J connectivity index is 1.18. The number of ether oxygens (including phenoxy) is 1. The van der Waals surface area contributed by atoms with Gasteiger partial charge in [-0.3, -0.25) is 14.5 Å². The number of hydrogen-bond donors (Lipinski definition) is 2. The molecule has 35 heavy (non-hydrogen) atoms. The summed E-state index contributed by atoms with van der Waals surface area (Å²) in [6.07, 6.45) is 0. The van der Waals surface area contributed by atoms with Gasteiger partial charge in [0.2, 0.25) is 11.8 Å². The molecule has 0 unspecified atom stereocenters. The van der Waals surface area contributed by atoms with E-state index in [0.29, 0.717) is 16.5 Å². The van der Waals surface area contributed by atoms with E-state index < -0.39 is 0 Å². The SMILES string of the molecule is CN(CC(=O)NCc1ccc(-c2ccc(Cl)cc2)o1)CC(=O)Nc1ccc(N2CCOCC2)cc1. The molecule has 0 radical (unpaired) electrons. The molecule has 184 valence electrons. The lowest BCUT2D eigenvalue weighted by Gasteiger charge is -2.28. The van der Waals surface area contributed by atoms with Gasteiger partial charge in [0.1, 0.15) is 11.5 Å². The summed E-state index contributed by atoms with van der Waals surface area (Å²) in [5.41, 5.74) is 2.74. The second kappa shape index (κ2) is 11.9. The maximum absolute atomic E-state index is 12.4. The molecule has 0 saturated carbocycles. The minimum Gasteiger partial charge on any atom is -0.459 e.